The highest BCUT2D eigenvalue weighted by molar-refractivity contribution is 7.15. The number of aromatic nitrogens is 2. The molecule has 0 saturated heterocycles. The molecule has 0 spiro atoms. The lowest BCUT2D eigenvalue weighted by molar-refractivity contribution is 0.510. The Hall–Kier alpha value is -0.780. The van der Waals surface area contributed by atoms with E-state index in [1.807, 2.05) is 11.4 Å². The number of halogens is 2. The molecule has 0 aromatic carbocycles. The molecule has 2 heterocycles. The van der Waals surface area contributed by atoms with Gasteiger partial charge in [-0.1, -0.05) is 16.7 Å². The molecule has 2 aromatic heterocycles. The maximum Gasteiger partial charge on any atom is 0.320 e. The van der Waals surface area contributed by atoms with Crippen LogP contribution in [0.2, 0.25) is 4.34 Å². The maximum absolute atomic E-state index is 5.90. The van der Waals surface area contributed by atoms with E-state index in [0.717, 1.165) is 5.69 Å². The second-order valence-corrected chi connectivity index (χ2v) is 4.97. The molecule has 80 valence electrons. The normalized spacial score (nSPS) is 12.7. The second-order valence-electron chi connectivity index (χ2n) is 2.79. The van der Waals surface area contributed by atoms with Crippen LogP contribution in [0.1, 0.15) is 18.2 Å². The minimum Gasteiger partial charge on any atom is -0.406 e. The zero-order valence-corrected chi connectivity index (χ0v) is 10.0. The summed E-state index contributed by atoms with van der Waals surface area (Å²) in [5.41, 5.74) is 0.749. The molecule has 0 aliphatic rings. The van der Waals surface area contributed by atoms with E-state index in [2.05, 4.69) is 15.5 Å². The summed E-state index contributed by atoms with van der Waals surface area (Å²) >= 11 is 13.1. The smallest absolute Gasteiger partial charge is 0.320 e. The van der Waals surface area contributed by atoms with Crippen molar-refractivity contribution in [1.82, 2.24) is 10.2 Å². The van der Waals surface area contributed by atoms with Crippen molar-refractivity contribution in [3.63, 3.8) is 0 Å². The Balaban J connectivity index is 2.15. The van der Waals surface area contributed by atoms with Crippen LogP contribution in [0.25, 0.3) is 0 Å². The Morgan fingerprint density at radius 2 is 2.33 bits per heavy atom. The quantitative estimate of drug-likeness (QED) is 0.856. The predicted octanol–water partition coefficient (Wildman–Crippen LogP) is 3.83. The first-order valence-corrected chi connectivity index (χ1v) is 5.83. The average Bonchev–Trinajstić information content (AvgIpc) is 2.77. The van der Waals surface area contributed by atoms with Crippen LogP contribution in [0, 0.1) is 0 Å². The summed E-state index contributed by atoms with van der Waals surface area (Å²) in [6.45, 7) is 1.76. The molecule has 0 bridgehead atoms. The van der Waals surface area contributed by atoms with E-state index in [9.17, 15) is 0 Å². The summed E-state index contributed by atoms with van der Waals surface area (Å²) in [4.78, 5) is 0. The number of rotatable bonds is 3. The molecule has 1 unspecified atom stereocenters. The van der Waals surface area contributed by atoms with E-state index < -0.39 is 0 Å². The molecule has 2 aromatic rings. The molecule has 1 N–H and O–H groups in total. The van der Waals surface area contributed by atoms with Gasteiger partial charge in [0.25, 0.3) is 0 Å². The highest BCUT2D eigenvalue weighted by atomic mass is 35.5. The first kappa shape index (κ1) is 10.7. The van der Waals surface area contributed by atoms with E-state index in [1.165, 1.54) is 11.3 Å². The molecule has 0 aliphatic carbocycles. The van der Waals surface area contributed by atoms with Crippen LogP contribution < -0.4 is 5.32 Å². The largest absolute Gasteiger partial charge is 0.406 e. The van der Waals surface area contributed by atoms with Gasteiger partial charge in [-0.05, 0) is 18.4 Å². The maximum atomic E-state index is 5.90. The van der Waals surface area contributed by atoms with Gasteiger partial charge >= 0.3 is 6.01 Å². The second kappa shape index (κ2) is 4.38. The number of hydrogen-bond donors (Lipinski definition) is 1. The molecular formula is C8H7Cl2N3OS. The topological polar surface area (TPSA) is 51.0 Å². The van der Waals surface area contributed by atoms with Crippen LogP contribution in [0.4, 0.5) is 11.7 Å². The molecule has 0 amide bonds. The minimum absolute atomic E-state index is 0.290. The van der Waals surface area contributed by atoms with Crippen LogP contribution in [-0.4, -0.2) is 10.2 Å². The van der Waals surface area contributed by atoms with E-state index in [1.54, 1.807) is 6.92 Å². The molecule has 15 heavy (non-hydrogen) atoms. The summed E-state index contributed by atoms with van der Waals surface area (Å²) in [6.07, 6.45) is 0. The summed E-state index contributed by atoms with van der Waals surface area (Å²) in [5, 5.41) is 12.0. The van der Waals surface area contributed by atoms with E-state index in [4.69, 9.17) is 27.6 Å². The Morgan fingerprint density at radius 3 is 2.87 bits per heavy atom. The third kappa shape index (κ3) is 2.42. The van der Waals surface area contributed by atoms with Gasteiger partial charge in [-0.2, -0.15) is 0 Å². The van der Waals surface area contributed by atoms with E-state index >= 15 is 0 Å². The van der Waals surface area contributed by atoms with Crippen molar-refractivity contribution in [3.8, 4) is 0 Å². The number of hydrogen-bond acceptors (Lipinski definition) is 5. The fourth-order valence-corrected chi connectivity index (χ4v) is 1.87. The zero-order valence-electron chi connectivity index (χ0n) is 7.70. The zero-order chi connectivity index (χ0) is 10.8. The van der Waals surface area contributed by atoms with Gasteiger partial charge < -0.3 is 9.73 Å². The van der Waals surface area contributed by atoms with Crippen molar-refractivity contribution in [2.24, 2.45) is 0 Å². The van der Waals surface area contributed by atoms with Crippen LogP contribution in [-0.2, 0) is 0 Å². The van der Waals surface area contributed by atoms with Gasteiger partial charge in [0.05, 0.1) is 5.69 Å². The molecular weight excluding hydrogens is 257 g/mol. The van der Waals surface area contributed by atoms with Gasteiger partial charge in [-0.15, -0.1) is 28.0 Å². The average molecular weight is 264 g/mol. The van der Waals surface area contributed by atoms with Crippen molar-refractivity contribution in [2.45, 2.75) is 12.3 Å². The summed E-state index contributed by atoms with van der Waals surface area (Å²) in [5.74, 6) is 0.380. The van der Waals surface area contributed by atoms with Crippen molar-refractivity contribution in [2.75, 3.05) is 5.32 Å². The fraction of sp³-hybridized carbons (Fsp3) is 0.250. The first-order chi connectivity index (χ1) is 7.16. The Bertz CT molecular complexity index is 454. The Kier molecular flexibility index (Phi) is 3.14. The van der Waals surface area contributed by atoms with Gasteiger partial charge in [0.2, 0.25) is 5.89 Å². The van der Waals surface area contributed by atoms with Gasteiger partial charge in [0.1, 0.15) is 9.71 Å². The number of thiophene rings is 1. The van der Waals surface area contributed by atoms with Crippen LogP contribution in [0.3, 0.4) is 0 Å². The first-order valence-electron chi connectivity index (χ1n) is 4.14. The van der Waals surface area contributed by atoms with Gasteiger partial charge in [-0.3, -0.25) is 0 Å². The van der Waals surface area contributed by atoms with Gasteiger partial charge in [-0.25, -0.2) is 0 Å². The predicted molar refractivity (Wildman–Crippen MR) is 61.2 cm³/mol. The van der Waals surface area contributed by atoms with E-state index in [-0.39, 0.29) is 11.4 Å². The number of nitrogens with zero attached hydrogens (tertiary/aromatic N) is 2. The SMILES string of the molecule is CC(Cl)c1nnc(Nc2ccsc2Cl)o1. The minimum atomic E-state index is -0.300. The lowest BCUT2D eigenvalue weighted by atomic mass is 10.5. The fourth-order valence-electron chi connectivity index (χ4n) is 0.943. The van der Waals surface area contributed by atoms with Crippen LogP contribution in [0.15, 0.2) is 15.9 Å². The summed E-state index contributed by atoms with van der Waals surface area (Å²) in [7, 11) is 0. The van der Waals surface area contributed by atoms with Gasteiger partial charge in [0, 0.05) is 0 Å². The third-order valence-corrected chi connectivity index (χ3v) is 3.00. The lowest BCUT2D eigenvalue weighted by Crippen LogP contribution is -1.88. The molecule has 0 saturated carbocycles. The molecule has 1 atom stereocenters. The molecule has 2 rings (SSSR count). The molecule has 0 fully saturated rings. The van der Waals surface area contributed by atoms with Crippen molar-refractivity contribution >= 4 is 46.2 Å². The number of anilines is 2. The lowest BCUT2D eigenvalue weighted by Gasteiger charge is -1.97. The third-order valence-electron chi connectivity index (χ3n) is 1.64. The van der Waals surface area contributed by atoms with Crippen molar-refractivity contribution in [1.29, 1.82) is 0 Å². The Labute approximate surface area is 100 Å². The van der Waals surface area contributed by atoms with Crippen molar-refractivity contribution in [3.05, 3.63) is 21.7 Å². The van der Waals surface area contributed by atoms with Gasteiger partial charge in [0.15, 0.2) is 0 Å². The van der Waals surface area contributed by atoms with Crippen LogP contribution in [0.5, 0.6) is 0 Å². The molecule has 7 heteroatoms. The number of alkyl halides is 1. The molecule has 4 nitrogen and oxygen atoms in total. The highest BCUT2D eigenvalue weighted by Gasteiger charge is 2.12. The van der Waals surface area contributed by atoms with E-state index in [0.29, 0.717) is 10.2 Å². The van der Waals surface area contributed by atoms with Crippen LogP contribution >= 0.6 is 34.5 Å². The standard InChI is InChI=1S/C8H7Cl2N3OS/c1-4(9)7-12-13-8(14-7)11-5-2-3-15-6(5)10/h2-4H,1H3,(H,11,13). The monoisotopic (exact) mass is 263 g/mol. The number of nitrogens with one attached hydrogen (secondary N) is 1. The van der Waals surface area contributed by atoms with Crippen molar-refractivity contribution < 1.29 is 4.42 Å². The molecule has 0 radical (unpaired) electrons. The highest BCUT2D eigenvalue weighted by Crippen LogP contribution is 2.30. The summed E-state index contributed by atoms with van der Waals surface area (Å²) in [6, 6.07) is 2.12. The summed E-state index contributed by atoms with van der Waals surface area (Å²) < 4.78 is 5.90. The molecule has 0 aliphatic heterocycles. The Morgan fingerprint density at radius 1 is 1.53 bits per heavy atom.